The minimum absolute atomic E-state index is 0. The largest absolute Gasteiger partial charge is 3.00 e. The van der Waals surface area contributed by atoms with E-state index in [2.05, 4.69) is 0 Å². The summed E-state index contributed by atoms with van der Waals surface area (Å²) < 4.78 is 0. The van der Waals surface area contributed by atoms with E-state index in [0.29, 0.717) is 0 Å². The van der Waals surface area contributed by atoms with Gasteiger partial charge in [0, 0.05) is 0 Å². The fourth-order valence-electron chi connectivity index (χ4n) is 0. The van der Waals surface area contributed by atoms with Gasteiger partial charge in [-0.15, -0.1) is 0 Å². The Morgan fingerprint density at radius 3 is 0.571 bits per heavy atom. The smallest absolute Gasteiger partial charge is 0.577 e. The summed E-state index contributed by atoms with van der Waals surface area (Å²) in [6.07, 6.45) is 0. The van der Waals surface area contributed by atoms with E-state index in [-0.39, 0.29) is 19.5 Å². The molecular weight excluding hydrogens is 191 g/mol. The standard InChI is InChI=1S/3NO.Ru/c3*1-2;/q3*-1;+3. The van der Waals surface area contributed by atoms with Crippen LogP contribution in [0.2, 0.25) is 0 Å². The van der Waals surface area contributed by atoms with E-state index in [1.807, 2.05) is 0 Å². The molecule has 0 aromatic carbocycles. The van der Waals surface area contributed by atoms with Crippen molar-refractivity contribution in [2.24, 2.45) is 0 Å². The topological polar surface area (TPSA) is 118 Å². The molecule has 6 nitrogen and oxygen atoms in total. The normalized spacial score (nSPS) is 1.71. The third kappa shape index (κ3) is 191. The molecule has 0 amide bonds. The average Bonchev–Trinajstić information content (AvgIpc) is 1.81. The number of hydrogen-bond donors (Lipinski definition) is 0. The second-order valence-corrected chi connectivity index (χ2v) is 0. The molecule has 7 heavy (non-hydrogen) atoms. The molecule has 41 valence electrons. The Morgan fingerprint density at radius 2 is 0.571 bits per heavy atom. The van der Waals surface area contributed by atoms with Crippen LogP contribution in [0.15, 0.2) is 0 Å². The molecule has 0 saturated carbocycles. The van der Waals surface area contributed by atoms with Gasteiger partial charge in [0.15, 0.2) is 0 Å². The van der Waals surface area contributed by atoms with Gasteiger partial charge >= 0.3 is 19.5 Å². The summed E-state index contributed by atoms with van der Waals surface area (Å²) in [4.78, 5) is 21.8. The number of nitroso groups, excluding NO2 is 3. The van der Waals surface area contributed by atoms with Crippen LogP contribution in [0.5, 0.6) is 0 Å². The maximum Gasteiger partial charge on any atom is 3.00 e. The van der Waals surface area contributed by atoms with Crippen molar-refractivity contribution in [2.45, 2.75) is 0 Å². The molecule has 0 aromatic rings. The molecule has 0 spiro atoms. The van der Waals surface area contributed by atoms with Gasteiger partial charge in [-0.05, 0) is 0 Å². The Hall–Kier alpha value is -0.577. The Morgan fingerprint density at radius 1 is 0.571 bits per heavy atom. The molecule has 0 fully saturated rings. The average molecular weight is 191 g/mol. The first kappa shape index (κ1) is 32.2. The van der Waals surface area contributed by atoms with Crippen LogP contribution in [0.4, 0.5) is 0 Å². The van der Waals surface area contributed by atoms with Crippen molar-refractivity contribution in [1.82, 2.24) is 0 Å². The zero-order chi connectivity index (χ0) is 6.00. The first-order chi connectivity index (χ1) is 3.00. The van der Waals surface area contributed by atoms with E-state index in [1.54, 1.807) is 0 Å². The number of nitrogens with zero attached hydrogens (tertiary/aromatic N) is 3. The Bertz CT molecular complexity index is 14.9. The molecule has 0 unspecified atom stereocenters. The maximum absolute atomic E-state index is 7.25. The van der Waals surface area contributed by atoms with Gasteiger partial charge in [-0.25, -0.2) is 0 Å². The van der Waals surface area contributed by atoms with Crippen LogP contribution in [-0.2, 0) is 19.5 Å². The van der Waals surface area contributed by atoms with Crippen LogP contribution in [0.25, 0.3) is 16.8 Å². The minimum Gasteiger partial charge on any atom is -0.577 e. The molecule has 0 atom stereocenters. The Balaban J connectivity index is -0.00000000900. The van der Waals surface area contributed by atoms with Crippen molar-refractivity contribution < 1.29 is 19.5 Å². The summed E-state index contributed by atoms with van der Waals surface area (Å²) in [5.41, 5.74) is 17.2. The van der Waals surface area contributed by atoms with Crippen molar-refractivity contribution in [3.05, 3.63) is 31.5 Å². The second kappa shape index (κ2) is 319. The van der Waals surface area contributed by atoms with Crippen molar-refractivity contribution >= 4 is 0 Å². The zero-order valence-electron chi connectivity index (χ0n) is 2.92. The van der Waals surface area contributed by atoms with Crippen molar-refractivity contribution in [3.8, 4) is 0 Å². The van der Waals surface area contributed by atoms with Crippen molar-refractivity contribution in [1.29, 1.82) is 0 Å². The van der Waals surface area contributed by atoms with Crippen LogP contribution in [0, 0.1) is 14.7 Å². The van der Waals surface area contributed by atoms with Gasteiger partial charge in [-0.2, -0.15) is 0 Å². The van der Waals surface area contributed by atoms with Gasteiger partial charge in [-0.3, -0.25) is 0 Å². The van der Waals surface area contributed by atoms with Crippen LogP contribution in [-0.4, -0.2) is 0 Å². The van der Waals surface area contributed by atoms with Crippen molar-refractivity contribution in [3.63, 3.8) is 0 Å². The molecular formula is N3O3Ru. The van der Waals surface area contributed by atoms with Gasteiger partial charge in [0.2, 0.25) is 0 Å². The van der Waals surface area contributed by atoms with Gasteiger partial charge in [-0.1, -0.05) is 0 Å². The molecule has 0 aromatic heterocycles. The maximum atomic E-state index is 7.25. The summed E-state index contributed by atoms with van der Waals surface area (Å²) in [5, 5.41) is 0. The third-order valence-corrected chi connectivity index (χ3v) is 0. The van der Waals surface area contributed by atoms with E-state index in [1.165, 1.54) is 0 Å². The summed E-state index contributed by atoms with van der Waals surface area (Å²) in [6, 6.07) is 0. The number of hydrogen-bond acceptors (Lipinski definition) is 3. The first-order valence-corrected chi connectivity index (χ1v) is 0.548. The van der Waals surface area contributed by atoms with Crippen molar-refractivity contribution in [2.75, 3.05) is 0 Å². The monoisotopic (exact) mass is 192 g/mol. The van der Waals surface area contributed by atoms with E-state index in [0.717, 1.165) is 0 Å². The van der Waals surface area contributed by atoms with Gasteiger partial charge in [0.05, 0.1) is 0 Å². The molecule has 0 heterocycles. The van der Waals surface area contributed by atoms with Crippen LogP contribution in [0.1, 0.15) is 0 Å². The Labute approximate surface area is 51.7 Å². The quantitative estimate of drug-likeness (QED) is 0.530. The SMILES string of the molecule is [N-]=O.[N-]=O.[N-]=O.[Ru+3]. The van der Waals surface area contributed by atoms with Crippen LogP contribution < -0.4 is 0 Å². The molecule has 0 aliphatic rings. The number of rotatable bonds is 0. The molecule has 0 N–H and O–H groups in total. The summed E-state index contributed by atoms with van der Waals surface area (Å²) >= 11 is 0. The van der Waals surface area contributed by atoms with Crippen LogP contribution in [0.3, 0.4) is 0 Å². The van der Waals surface area contributed by atoms with E-state index in [9.17, 15) is 0 Å². The molecule has 7 heteroatoms. The fraction of sp³-hybridized carbons (Fsp3) is 0. The summed E-state index contributed by atoms with van der Waals surface area (Å²) in [6.45, 7) is 0. The minimum atomic E-state index is 0. The summed E-state index contributed by atoms with van der Waals surface area (Å²) in [5.74, 6) is 0. The molecule has 0 aliphatic carbocycles. The predicted octanol–water partition coefficient (Wildman–Crippen LogP) is 0.964. The van der Waals surface area contributed by atoms with Gasteiger partial charge in [0.1, 0.15) is 0 Å². The van der Waals surface area contributed by atoms with E-state index < -0.39 is 0 Å². The molecule has 0 rings (SSSR count). The third-order valence-electron chi connectivity index (χ3n) is 0. The fourth-order valence-corrected chi connectivity index (χ4v) is 0. The Kier molecular flexibility index (Phi) is 1470. The van der Waals surface area contributed by atoms with E-state index >= 15 is 0 Å². The second-order valence-electron chi connectivity index (χ2n) is 0. The zero-order valence-corrected chi connectivity index (χ0v) is 4.66. The molecule has 0 bridgehead atoms. The molecule has 0 aliphatic heterocycles. The van der Waals surface area contributed by atoms with Gasteiger partial charge in [0.25, 0.3) is 0 Å². The molecule has 0 saturated heterocycles. The van der Waals surface area contributed by atoms with Gasteiger partial charge < -0.3 is 31.5 Å². The summed E-state index contributed by atoms with van der Waals surface area (Å²) in [7, 11) is 0. The van der Waals surface area contributed by atoms with E-state index in [4.69, 9.17) is 31.5 Å². The first-order valence-electron chi connectivity index (χ1n) is 0.548. The molecule has 1 radical (unpaired) electrons. The van der Waals surface area contributed by atoms with Crippen LogP contribution >= 0.6 is 0 Å². The predicted molar refractivity (Wildman–Crippen MR) is 20.2 cm³/mol.